The van der Waals surface area contributed by atoms with E-state index in [2.05, 4.69) is 0 Å². The van der Waals surface area contributed by atoms with Gasteiger partial charge in [-0.25, -0.2) is 0 Å². The van der Waals surface area contributed by atoms with Crippen molar-refractivity contribution in [2.45, 2.75) is 31.2 Å². The third-order valence-corrected chi connectivity index (χ3v) is 3.53. The number of rotatable bonds is 2. The summed E-state index contributed by atoms with van der Waals surface area (Å²) in [5, 5.41) is 9.94. The highest BCUT2D eigenvalue weighted by Crippen LogP contribution is 2.41. The molecule has 0 aliphatic heterocycles. The van der Waals surface area contributed by atoms with Crippen molar-refractivity contribution >= 4 is 5.69 Å². The Bertz CT molecular complexity index is 382. The SMILES string of the molecule is CN(C)c1ccc(O)c(C2(N)CCCC2)c1. The molecule has 1 saturated carbocycles. The van der Waals surface area contributed by atoms with Crippen molar-refractivity contribution in [2.75, 3.05) is 19.0 Å². The van der Waals surface area contributed by atoms with Crippen molar-refractivity contribution in [3.8, 4) is 5.75 Å². The lowest BCUT2D eigenvalue weighted by molar-refractivity contribution is 0.409. The molecule has 0 spiro atoms. The summed E-state index contributed by atoms with van der Waals surface area (Å²) >= 11 is 0. The van der Waals surface area contributed by atoms with Crippen molar-refractivity contribution in [3.05, 3.63) is 23.8 Å². The van der Waals surface area contributed by atoms with Gasteiger partial charge in [0, 0.05) is 30.9 Å². The van der Waals surface area contributed by atoms with Crippen LogP contribution in [0.15, 0.2) is 18.2 Å². The van der Waals surface area contributed by atoms with Gasteiger partial charge in [-0.2, -0.15) is 0 Å². The number of aromatic hydroxyl groups is 1. The summed E-state index contributed by atoms with van der Waals surface area (Å²) in [5.41, 5.74) is 8.04. The molecule has 0 saturated heterocycles. The fraction of sp³-hybridized carbons (Fsp3) is 0.538. The van der Waals surface area contributed by atoms with Gasteiger partial charge in [0.15, 0.2) is 0 Å². The molecule has 0 amide bonds. The molecule has 1 fully saturated rings. The molecular formula is C13H20N2O. The predicted molar refractivity (Wildman–Crippen MR) is 66.8 cm³/mol. The first-order chi connectivity index (χ1) is 7.53. The standard InChI is InChI=1S/C13H20N2O/c1-15(2)10-5-6-12(16)11(9-10)13(14)7-3-4-8-13/h5-6,9,16H,3-4,7-8,14H2,1-2H3. The largest absolute Gasteiger partial charge is 0.508 e. The molecule has 0 unspecified atom stereocenters. The average molecular weight is 220 g/mol. The third kappa shape index (κ3) is 1.87. The minimum absolute atomic E-state index is 0.323. The Morgan fingerprint density at radius 2 is 1.88 bits per heavy atom. The number of hydrogen-bond acceptors (Lipinski definition) is 3. The zero-order chi connectivity index (χ0) is 11.8. The van der Waals surface area contributed by atoms with Gasteiger partial charge in [-0.05, 0) is 31.0 Å². The molecule has 3 N–H and O–H groups in total. The highest BCUT2D eigenvalue weighted by Gasteiger charge is 2.33. The number of nitrogens with two attached hydrogens (primary N) is 1. The van der Waals surface area contributed by atoms with Crippen LogP contribution in [0.5, 0.6) is 5.75 Å². The number of phenolic OH excluding ortho intramolecular Hbond substituents is 1. The molecule has 3 nitrogen and oxygen atoms in total. The molecule has 1 aromatic carbocycles. The fourth-order valence-corrected chi connectivity index (χ4v) is 2.48. The summed E-state index contributed by atoms with van der Waals surface area (Å²) in [5.74, 6) is 0.329. The Balaban J connectivity index is 2.42. The zero-order valence-corrected chi connectivity index (χ0v) is 10.0. The van der Waals surface area contributed by atoms with E-state index in [9.17, 15) is 5.11 Å². The third-order valence-electron chi connectivity index (χ3n) is 3.53. The fourth-order valence-electron chi connectivity index (χ4n) is 2.48. The summed E-state index contributed by atoms with van der Waals surface area (Å²) in [6.45, 7) is 0. The Morgan fingerprint density at radius 1 is 1.25 bits per heavy atom. The number of benzene rings is 1. The molecule has 0 aromatic heterocycles. The summed E-state index contributed by atoms with van der Waals surface area (Å²) in [7, 11) is 3.99. The maximum Gasteiger partial charge on any atom is 0.120 e. The van der Waals surface area contributed by atoms with Gasteiger partial charge in [-0.15, -0.1) is 0 Å². The van der Waals surface area contributed by atoms with E-state index in [-0.39, 0.29) is 5.54 Å². The van der Waals surface area contributed by atoms with Gasteiger partial charge in [0.25, 0.3) is 0 Å². The van der Waals surface area contributed by atoms with Gasteiger partial charge < -0.3 is 15.7 Å². The predicted octanol–water partition coefficient (Wildman–Crippen LogP) is 2.19. The van der Waals surface area contributed by atoms with Crippen molar-refractivity contribution < 1.29 is 5.11 Å². The average Bonchev–Trinajstić information content (AvgIpc) is 2.66. The van der Waals surface area contributed by atoms with Crippen LogP contribution in [0.1, 0.15) is 31.2 Å². The van der Waals surface area contributed by atoms with Crippen LogP contribution in [0.3, 0.4) is 0 Å². The second-order valence-electron chi connectivity index (χ2n) is 4.96. The maximum absolute atomic E-state index is 9.94. The molecule has 2 rings (SSSR count). The van der Waals surface area contributed by atoms with Crippen molar-refractivity contribution in [1.82, 2.24) is 0 Å². The minimum atomic E-state index is -0.323. The van der Waals surface area contributed by atoms with Crippen molar-refractivity contribution in [1.29, 1.82) is 0 Å². The van der Waals surface area contributed by atoms with Crippen LogP contribution in [-0.2, 0) is 5.54 Å². The van der Waals surface area contributed by atoms with E-state index in [4.69, 9.17) is 5.73 Å². The van der Waals surface area contributed by atoms with Gasteiger partial charge in [-0.3, -0.25) is 0 Å². The van der Waals surface area contributed by atoms with Crippen LogP contribution in [0.2, 0.25) is 0 Å². The van der Waals surface area contributed by atoms with Gasteiger partial charge in [-0.1, -0.05) is 12.8 Å². The van der Waals surface area contributed by atoms with E-state index in [1.165, 1.54) is 0 Å². The van der Waals surface area contributed by atoms with Crippen molar-refractivity contribution in [2.24, 2.45) is 5.73 Å². The van der Waals surface area contributed by atoms with Gasteiger partial charge >= 0.3 is 0 Å². The first-order valence-corrected chi connectivity index (χ1v) is 5.83. The van der Waals surface area contributed by atoms with Crippen LogP contribution >= 0.6 is 0 Å². The van der Waals surface area contributed by atoms with Gasteiger partial charge in [0.2, 0.25) is 0 Å². The van der Waals surface area contributed by atoms with E-state index >= 15 is 0 Å². The first-order valence-electron chi connectivity index (χ1n) is 5.83. The molecular weight excluding hydrogens is 200 g/mol. The molecule has 1 aliphatic carbocycles. The Kier molecular flexibility index (Phi) is 2.80. The molecule has 1 aromatic rings. The molecule has 1 aliphatic rings. The Hall–Kier alpha value is -1.22. The van der Waals surface area contributed by atoms with Crippen LogP contribution in [0.25, 0.3) is 0 Å². The molecule has 3 heteroatoms. The molecule has 0 heterocycles. The molecule has 0 radical (unpaired) electrons. The summed E-state index contributed by atoms with van der Waals surface area (Å²) in [6.07, 6.45) is 4.25. The highest BCUT2D eigenvalue weighted by atomic mass is 16.3. The quantitative estimate of drug-likeness (QED) is 0.803. The minimum Gasteiger partial charge on any atom is -0.508 e. The van der Waals surface area contributed by atoms with Gasteiger partial charge in [0.1, 0.15) is 5.75 Å². The lowest BCUT2D eigenvalue weighted by Crippen LogP contribution is -2.33. The lowest BCUT2D eigenvalue weighted by atomic mass is 9.88. The lowest BCUT2D eigenvalue weighted by Gasteiger charge is -2.26. The van der Waals surface area contributed by atoms with Crippen LogP contribution in [-0.4, -0.2) is 19.2 Å². The Morgan fingerprint density at radius 3 is 2.44 bits per heavy atom. The first kappa shape index (κ1) is 11.3. The maximum atomic E-state index is 9.94. The van der Waals surface area contributed by atoms with E-state index in [1.807, 2.05) is 31.1 Å². The highest BCUT2D eigenvalue weighted by molar-refractivity contribution is 5.54. The summed E-state index contributed by atoms with van der Waals surface area (Å²) < 4.78 is 0. The number of anilines is 1. The second-order valence-corrected chi connectivity index (χ2v) is 4.96. The molecule has 88 valence electrons. The summed E-state index contributed by atoms with van der Waals surface area (Å²) in [6, 6.07) is 5.68. The van der Waals surface area contributed by atoms with Crippen LogP contribution in [0.4, 0.5) is 5.69 Å². The van der Waals surface area contributed by atoms with E-state index in [0.717, 1.165) is 36.9 Å². The summed E-state index contributed by atoms with van der Waals surface area (Å²) in [4.78, 5) is 2.03. The topological polar surface area (TPSA) is 49.5 Å². The molecule has 0 bridgehead atoms. The monoisotopic (exact) mass is 220 g/mol. The van der Waals surface area contributed by atoms with Crippen LogP contribution < -0.4 is 10.6 Å². The smallest absolute Gasteiger partial charge is 0.120 e. The Labute approximate surface area is 96.9 Å². The molecule has 16 heavy (non-hydrogen) atoms. The number of phenols is 1. The zero-order valence-electron chi connectivity index (χ0n) is 10.0. The molecule has 0 atom stereocenters. The van der Waals surface area contributed by atoms with Crippen LogP contribution in [0, 0.1) is 0 Å². The number of hydrogen-bond donors (Lipinski definition) is 2. The van der Waals surface area contributed by atoms with E-state index in [1.54, 1.807) is 6.07 Å². The van der Waals surface area contributed by atoms with E-state index in [0.29, 0.717) is 5.75 Å². The second kappa shape index (κ2) is 3.98. The number of nitrogens with zero attached hydrogens (tertiary/aromatic N) is 1. The van der Waals surface area contributed by atoms with Crippen molar-refractivity contribution in [3.63, 3.8) is 0 Å². The normalized spacial score (nSPS) is 18.7. The van der Waals surface area contributed by atoms with E-state index < -0.39 is 0 Å². The van der Waals surface area contributed by atoms with Gasteiger partial charge in [0.05, 0.1) is 0 Å².